The van der Waals surface area contributed by atoms with Crippen molar-refractivity contribution in [1.29, 1.82) is 0 Å². The van der Waals surface area contributed by atoms with Crippen molar-refractivity contribution in [2.75, 3.05) is 14.1 Å². The molecule has 0 radical (unpaired) electrons. The molecule has 38 heavy (non-hydrogen) atoms. The van der Waals surface area contributed by atoms with Gasteiger partial charge in [0.2, 0.25) is 0 Å². The van der Waals surface area contributed by atoms with Crippen molar-refractivity contribution in [3.05, 3.63) is 82.6 Å². The van der Waals surface area contributed by atoms with E-state index in [1.807, 2.05) is 25.1 Å². The minimum atomic E-state index is -4.06. The van der Waals surface area contributed by atoms with Gasteiger partial charge in [0, 0.05) is 30.8 Å². The summed E-state index contributed by atoms with van der Waals surface area (Å²) in [4.78, 5) is 9.10. The lowest BCUT2D eigenvalue weighted by atomic mass is 9.79. The summed E-state index contributed by atoms with van der Waals surface area (Å²) in [6.07, 6.45) is 4.16. The molecule has 1 saturated carbocycles. The molecule has 6 nitrogen and oxygen atoms in total. The number of benzene rings is 2. The summed E-state index contributed by atoms with van der Waals surface area (Å²) in [7, 11) is -0.272. The van der Waals surface area contributed by atoms with E-state index in [2.05, 4.69) is 9.97 Å². The van der Waals surface area contributed by atoms with E-state index < -0.39 is 32.2 Å². The normalized spacial score (nSPS) is 20.5. The van der Waals surface area contributed by atoms with E-state index in [1.54, 1.807) is 12.1 Å². The number of halogens is 4. The molecule has 3 aromatic rings. The van der Waals surface area contributed by atoms with E-state index in [9.17, 15) is 17.2 Å². The van der Waals surface area contributed by atoms with E-state index in [0.717, 1.165) is 24.6 Å². The number of ether oxygens (including phenoxy) is 1. The zero-order chi connectivity index (χ0) is 27.7. The first-order chi connectivity index (χ1) is 17.8. The molecular weight excluding hydrogens is 539 g/mol. The van der Waals surface area contributed by atoms with Crippen molar-refractivity contribution >= 4 is 21.4 Å². The number of nitrogens with zero attached hydrogens (tertiary/aromatic N) is 3. The van der Waals surface area contributed by atoms with E-state index >= 15 is 4.39 Å². The smallest absolute Gasteiger partial charge is 0.270 e. The van der Waals surface area contributed by atoms with E-state index in [4.69, 9.17) is 16.3 Å². The molecule has 11 heteroatoms. The number of likely N-dealkylation sites (N-methyl/N-ethyl adjacent to an activating group) is 1. The van der Waals surface area contributed by atoms with Gasteiger partial charge in [-0.25, -0.2) is 31.6 Å². The van der Waals surface area contributed by atoms with E-state index in [-0.39, 0.29) is 40.1 Å². The first-order valence-electron chi connectivity index (χ1n) is 12.1. The van der Waals surface area contributed by atoms with Crippen molar-refractivity contribution in [3.8, 4) is 5.75 Å². The van der Waals surface area contributed by atoms with Gasteiger partial charge in [-0.15, -0.1) is 0 Å². The van der Waals surface area contributed by atoms with Crippen LogP contribution in [0, 0.1) is 5.82 Å². The lowest BCUT2D eigenvalue weighted by molar-refractivity contribution is 0.0172. The zero-order valence-electron chi connectivity index (χ0n) is 21.2. The number of aromatic nitrogens is 2. The molecule has 1 aliphatic carbocycles. The second kappa shape index (κ2) is 11.2. The van der Waals surface area contributed by atoms with Crippen LogP contribution in [0.3, 0.4) is 0 Å². The molecular formula is C27H29ClF3N3O3S. The number of hydrogen-bond acceptors (Lipinski definition) is 6. The minimum Gasteiger partial charge on any atom is -0.487 e. The van der Waals surface area contributed by atoms with Crippen LogP contribution < -0.4 is 4.74 Å². The number of rotatable bonds is 8. The largest absolute Gasteiger partial charge is 0.487 e. The summed E-state index contributed by atoms with van der Waals surface area (Å²) in [5.41, 5.74) is 1.05. The second-order valence-corrected chi connectivity index (χ2v) is 12.2. The predicted molar refractivity (Wildman–Crippen MR) is 139 cm³/mol. The Labute approximate surface area is 225 Å². The van der Waals surface area contributed by atoms with Gasteiger partial charge >= 0.3 is 0 Å². The predicted octanol–water partition coefficient (Wildman–Crippen LogP) is 6.00. The molecule has 0 saturated heterocycles. The highest BCUT2D eigenvalue weighted by molar-refractivity contribution is 7.90. The third kappa shape index (κ3) is 6.47. The van der Waals surface area contributed by atoms with Gasteiger partial charge in [0.25, 0.3) is 5.92 Å². The van der Waals surface area contributed by atoms with Crippen molar-refractivity contribution in [2.45, 2.75) is 60.8 Å². The van der Waals surface area contributed by atoms with E-state index in [0.29, 0.717) is 19.3 Å². The quantitative estimate of drug-likeness (QED) is 0.332. The van der Waals surface area contributed by atoms with E-state index in [1.165, 1.54) is 24.7 Å². The topological polar surface area (TPSA) is 72.4 Å². The highest BCUT2D eigenvalue weighted by Crippen LogP contribution is 2.40. The maximum atomic E-state index is 15.0. The van der Waals surface area contributed by atoms with Crippen LogP contribution in [-0.4, -0.2) is 49.5 Å². The Morgan fingerprint density at radius 1 is 1.16 bits per heavy atom. The molecule has 3 atom stereocenters. The number of alkyl halides is 2. The molecule has 0 unspecified atom stereocenters. The second-order valence-electron chi connectivity index (χ2n) is 9.88. The molecule has 1 heterocycles. The van der Waals surface area contributed by atoms with Crippen LogP contribution in [0.4, 0.5) is 13.2 Å². The van der Waals surface area contributed by atoms with Crippen molar-refractivity contribution < 1.29 is 26.3 Å². The Hall–Kier alpha value is -2.69. The Kier molecular flexibility index (Phi) is 8.34. The molecule has 1 aliphatic rings. The molecule has 0 aliphatic heterocycles. The lowest BCUT2D eigenvalue weighted by Gasteiger charge is -2.40. The summed E-state index contributed by atoms with van der Waals surface area (Å²) in [5.74, 6) is -4.29. The minimum absolute atomic E-state index is 0.0215. The maximum Gasteiger partial charge on any atom is 0.270 e. The Bertz CT molecular complexity index is 1390. The van der Waals surface area contributed by atoms with Crippen molar-refractivity contribution in [2.24, 2.45) is 0 Å². The molecule has 204 valence electrons. The van der Waals surface area contributed by atoms with Crippen molar-refractivity contribution in [3.63, 3.8) is 0 Å². The summed E-state index contributed by atoms with van der Waals surface area (Å²) in [6, 6.07) is 9.90. The van der Waals surface area contributed by atoms with Crippen molar-refractivity contribution in [1.82, 2.24) is 14.9 Å². The standard InChI is InChI=1S/C27H29ClF3N3O3S/c1-27(30,31)19-6-4-5-17(11-19)18-7-8-24(23(12-18)34(2)3)37-25-14-22(29)26(13-21(25)28)38(35,36)15-20-9-10-32-16-33-20/h4-6,9-11,13-14,16,18,23-24H,7-8,12,15H2,1-3H3/t18-,23-,24-/m0/s1. The average Bonchev–Trinajstić information content (AvgIpc) is 2.86. The molecule has 2 aromatic carbocycles. The van der Waals surface area contributed by atoms with Crippen LogP contribution in [0.25, 0.3) is 0 Å². The highest BCUT2D eigenvalue weighted by Gasteiger charge is 2.36. The molecule has 1 fully saturated rings. The average molecular weight is 568 g/mol. The summed E-state index contributed by atoms with van der Waals surface area (Å²) in [5, 5.41) is -0.0230. The molecule has 1 aromatic heterocycles. The molecule has 4 rings (SSSR count). The van der Waals surface area contributed by atoms with Crippen LogP contribution >= 0.6 is 11.6 Å². The van der Waals surface area contributed by atoms with Gasteiger partial charge in [0.1, 0.15) is 28.9 Å². The molecule has 0 spiro atoms. The molecule has 0 bridgehead atoms. The SMILES string of the molecule is CN(C)[C@H]1C[C@@H](c2cccc(C(C)(F)F)c2)CC[C@@H]1Oc1cc(F)c(S(=O)(=O)Cc2ccncn2)cc1Cl. The van der Waals surface area contributed by atoms with Crippen LogP contribution in [0.1, 0.15) is 48.9 Å². The first-order valence-corrected chi connectivity index (χ1v) is 14.2. The van der Waals surface area contributed by atoms with Gasteiger partial charge in [-0.2, -0.15) is 0 Å². The fourth-order valence-electron chi connectivity index (χ4n) is 4.85. The third-order valence-corrected chi connectivity index (χ3v) is 8.82. The van der Waals surface area contributed by atoms with Crippen LogP contribution in [0.5, 0.6) is 5.75 Å². The fraction of sp³-hybridized carbons (Fsp3) is 0.407. The van der Waals surface area contributed by atoms with Crippen LogP contribution in [0.2, 0.25) is 5.02 Å². The number of hydrogen-bond donors (Lipinski definition) is 0. The van der Waals surface area contributed by atoms with Crippen LogP contribution in [0.15, 0.2) is 59.9 Å². The fourth-order valence-corrected chi connectivity index (χ4v) is 6.49. The van der Waals surface area contributed by atoms with Gasteiger partial charge in [-0.05, 0) is 63.0 Å². The Balaban J connectivity index is 1.52. The summed E-state index contributed by atoms with van der Waals surface area (Å²) < 4.78 is 74.6. The maximum absolute atomic E-state index is 15.0. The molecule has 0 amide bonds. The number of sulfone groups is 1. The first kappa shape index (κ1) is 28.3. The van der Waals surface area contributed by atoms with Crippen LogP contribution in [-0.2, 0) is 21.5 Å². The Morgan fingerprint density at radius 3 is 2.58 bits per heavy atom. The zero-order valence-corrected chi connectivity index (χ0v) is 22.8. The molecule has 0 N–H and O–H groups in total. The van der Waals surface area contributed by atoms with Gasteiger partial charge < -0.3 is 9.64 Å². The summed E-state index contributed by atoms with van der Waals surface area (Å²) >= 11 is 6.38. The monoisotopic (exact) mass is 567 g/mol. The highest BCUT2D eigenvalue weighted by atomic mass is 35.5. The summed E-state index contributed by atoms with van der Waals surface area (Å²) in [6.45, 7) is 0.884. The lowest BCUT2D eigenvalue weighted by Crippen LogP contribution is -2.46. The van der Waals surface area contributed by atoms with Gasteiger partial charge in [0.15, 0.2) is 9.84 Å². The van der Waals surface area contributed by atoms with Gasteiger partial charge in [-0.1, -0.05) is 29.8 Å². The van der Waals surface area contributed by atoms with Gasteiger partial charge in [0.05, 0.1) is 16.5 Å². The third-order valence-electron chi connectivity index (χ3n) is 6.86. The van der Waals surface area contributed by atoms with Gasteiger partial charge in [-0.3, -0.25) is 0 Å². The Morgan fingerprint density at radius 2 is 1.92 bits per heavy atom.